The first-order chi connectivity index (χ1) is 5.29. The maximum atomic E-state index is 3.32. The van der Waals surface area contributed by atoms with E-state index in [1.807, 2.05) is 7.05 Å². The molecule has 0 spiro atoms. The van der Waals surface area contributed by atoms with E-state index < -0.39 is 0 Å². The Bertz CT molecular complexity index is 194. The van der Waals surface area contributed by atoms with Crippen LogP contribution in [0.5, 0.6) is 0 Å². The van der Waals surface area contributed by atoms with Crippen molar-refractivity contribution < 1.29 is 0 Å². The molecule has 1 aliphatic rings. The van der Waals surface area contributed by atoms with Gasteiger partial charge in [0.15, 0.2) is 0 Å². The van der Waals surface area contributed by atoms with E-state index in [1.54, 1.807) is 0 Å². The molecule has 2 atom stereocenters. The second kappa shape index (κ2) is 4.07. The quantitative estimate of drug-likeness (QED) is 0.643. The summed E-state index contributed by atoms with van der Waals surface area (Å²) in [7, 11) is 2.48. The molecule has 0 amide bonds. The maximum Gasteiger partial charge on any atom is 0.0736 e. The van der Waals surface area contributed by atoms with Gasteiger partial charge in [0.25, 0.3) is 0 Å². The van der Waals surface area contributed by atoms with Crippen LogP contribution in [-0.4, -0.2) is 17.8 Å². The van der Waals surface area contributed by atoms with Crippen LogP contribution in [0.25, 0.3) is 0 Å². The van der Waals surface area contributed by atoms with E-state index in [1.165, 1.54) is 18.4 Å². The molecular weight excluding hydrogens is 154 g/mol. The highest BCUT2D eigenvalue weighted by molar-refractivity contribution is 8.19. The van der Waals surface area contributed by atoms with E-state index in [-0.39, 0.29) is 0 Å². The fraction of sp³-hybridized carbons (Fsp3) is 0.667. The van der Waals surface area contributed by atoms with Crippen molar-refractivity contribution in [2.75, 3.05) is 7.05 Å². The summed E-state index contributed by atoms with van der Waals surface area (Å²) in [4.78, 5) is 0. The summed E-state index contributed by atoms with van der Waals surface area (Å²) in [6.45, 7) is 4.43. The van der Waals surface area contributed by atoms with Crippen molar-refractivity contribution >= 4 is 15.9 Å². The van der Waals surface area contributed by atoms with Crippen molar-refractivity contribution in [1.82, 2.24) is 5.32 Å². The van der Waals surface area contributed by atoms with Crippen molar-refractivity contribution in [3.8, 4) is 0 Å². The Labute approximate surface area is 71.8 Å². The van der Waals surface area contributed by atoms with Crippen molar-refractivity contribution in [3.63, 3.8) is 0 Å². The first-order valence-electron chi connectivity index (χ1n) is 4.19. The SMILES string of the molecule is CCCC=S1C=C(C)C1NC. The first kappa shape index (κ1) is 9.01. The third-order valence-corrected chi connectivity index (χ3v) is 4.29. The van der Waals surface area contributed by atoms with Crippen LogP contribution in [0.2, 0.25) is 0 Å². The van der Waals surface area contributed by atoms with Crippen LogP contribution < -0.4 is 5.32 Å². The highest BCUT2D eigenvalue weighted by atomic mass is 32.2. The molecule has 0 aromatic carbocycles. The van der Waals surface area contributed by atoms with Crippen molar-refractivity contribution in [1.29, 1.82) is 0 Å². The van der Waals surface area contributed by atoms with Crippen molar-refractivity contribution in [3.05, 3.63) is 11.0 Å². The number of nitrogens with one attached hydrogen (secondary N) is 1. The lowest BCUT2D eigenvalue weighted by Gasteiger charge is -2.29. The summed E-state index contributed by atoms with van der Waals surface area (Å²) in [6, 6.07) is 0. The lowest BCUT2D eigenvalue weighted by molar-refractivity contribution is 0.816. The molecule has 0 radical (unpaired) electrons. The molecule has 0 aromatic rings. The minimum absolute atomic E-state index is 0.438. The van der Waals surface area contributed by atoms with Gasteiger partial charge in [-0.2, -0.15) is 0 Å². The third-order valence-electron chi connectivity index (χ3n) is 1.87. The summed E-state index contributed by atoms with van der Waals surface area (Å²) in [5.74, 6) is 0. The normalized spacial score (nSPS) is 29.9. The second-order valence-electron chi connectivity index (χ2n) is 2.89. The monoisotopic (exact) mass is 171 g/mol. The van der Waals surface area contributed by atoms with Gasteiger partial charge >= 0.3 is 0 Å². The van der Waals surface area contributed by atoms with Crippen LogP contribution >= 0.6 is 10.5 Å². The van der Waals surface area contributed by atoms with Gasteiger partial charge in [-0.1, -0.05) is 18.7 Å². The molecule has 0 bridgehead atoms. The summed E-state index contributed by atoms with van der Waals surface area (Å²) >= 11 is 0. The fourth-order valence-corrected chi connectivity index (χ4v) is 3.29. The van der Waals surface area contributed by atoms with Gasteiger partial charge in [0, 0.05) is 0 Å². The molecule has 64 valence electrons. The zero-order valence-electron chi connectivity index (χ0n) is 7.55. The van der Waals surface area contributed by atoms with E-state index >= 15 is 0 Å². The molecule has 2 unspecified atom stereocenters. The molecule has 1 rings (SSSR count). The topological polar surface area (TPSA) is 12.0 Å². The maximum absolute atomic E-state index is 3.32. The number of hydrogen-bond donors (Lipinski definition) is 1. The molecule has 1 nitrogen and oxygen atoms in total. The molecule has 0 fully saturated rings. The average Bonchev–Trinajstić information content (AvgIpc) is 1.98. The first-order valence-corrected chi connectivity index (χ1v) is 5.60. The molecular formula is C9H17NS. The molecule has 0 saturated carbocycles. The standard InChI is InChI=1S/C9H17NS/c1-4-5-6-11-7-8(2)9(11)10-3/h6-7,9-10H,4-5H2,1-3H3. The Kier molecular flexibility index (Phi) is 3.34. The van der Waals surface area contributed by atoms with Crippen LogP contribution in [-0.2, 0) is 0 Å². The number of likely N-dealkylation sites (N-methyl/N-ethyl adjacent to an activating group) is 1. The Balaban J connectivity index is 2.51. The molecule has 0 aromatic heterocycles. The van der Waals surface area contributed by atoms with Gasteiger partial charge in [-0.05, 0) is 31.4 Å². The van der Waals surface area contributed by atoms with Gasteiger partial charge in [0.1, 0.15) is 0 Å². The predicted molar refractivity (Wildman–Crippen MR) is 55.2 cm³/mol. The van der Waals surface area contributed by atoms with Crippen molar-refractivity contribution in [2.45, 2.75) is 32.1 Å². The van der Waals surface area contributed by atoms with E-state index in [0.717, 1.165) is 0 Å². The van der Waals surface area contributed by atoms with Crippen molar-refractivity contribution in [2.24, 2.45) is 0 Å². The van der Waals surface area contributed by atoms with E-state index in [2.05, 4.69) is 29.9 Å². The zero-order valence-corrected chi connectivity index (χ0v) is 8.37. The lowest BCUT2D eigenvalue weighted by Crippen LogP contribution is -2.29. The molecule has 0 aliphatic carbocycles. The minimum Gasteiger partial charge on any atom is -0.305 e. The van der Waals surface area contributed by atoms with Gasteiger partial charge < -0.3 is 5.32 Å². The highest BCUT2D eigenvalue weighted by Gasteiger charge is 2.19. The molecule has 1 heterocycles. The van der Waals surface area contributed by atoms with Crippen LogP contribution in [0.15, 0.2) is 11.0 Å². The molecule has 0 saturated heterocycles. The summed E-state index contributed by atoms with van der Waals surface area (Å²) in [5, 5.41) is 8.79. The smallest absolute Gasteiger partial charge is 0.0736 e. The van der Waals surface area contributed by atoms with E-state index in [9.17, 15) is 0 Å². The minimum atomic E-state index is 0.438. The van der Waals surface area contributed by atoms with Crippen LogP contribution in [0.1, 0.15) is 26.7 Å². The van der Waals surface area contributed by atoms with E-state index in [4.69, 9.17) is 0 Å². The number of hydrogen-bond acceptors (Lipinski definition) is 1. The summed E-state index contributed by atoms with van der Waals surface area (Å²) < 4.78 is 0. The summed E-state index contributed by atoms with van der Waals surface area (Å²) in [6.07, 6.45) is 2.53. The lowest BCUT2D eigenvalue weighted by atomic mass is 10.3. The van der Waals surface area contributed by atoms with Gasteiger partial charge in [0.05, 0.1) is 5.37 Å². The van der Waals surface area contributed by atoms with Crippen LogP contribution in [0.3, 0.4) is 0 Å². The third kappa shape index (κ3) is 1.94. The molecule has 1 aliphatic heterocycles. The number of unbranched alkanes of at least 4 members (excludes halogenated alkanes) is 1. The molecule has 2 heteroatoms. The molecule has 11 heavy (non-hydrogen) atoms. The van der Waals surface area contributed by atoms with Crippen LogP contribution in [0.4, 0.5) is 0 Å². The average molecular weight is 171 g/mol. The zero-order chi connectivity index (χ0) is 8.27. The van der Waals surface area contributed by atoms with Gasteiger partial charge in [0.2, 0.25) is 0 Å². The summed E-state index contributed by atoms with van der Waals surface area (Å²) in [5.41, 5.74) is 1.50. The Morgan fingerprint density at radius 3 is 2.91 bits per heavy atom. The highest BCUT2D eigenvalue weighted by Crippen LogP contribution is 2.37. The second-order valence-corrected chi connectivity index (χ2v) is 4.75. The Hall–Kier alpha value is -0.0800. The van der Waals surface area contributed by atoms with Gasteiger partial charge in [-0.25, -0.2) is 0 Å². The predicted octanol–water partition coefficient (Wildman–Crippen LogP) is 2.32. The Morgan fingerprint density at radius 2 is 2.45 bits per heavy atom. The fourth-order valence-electron chi connectivity index (χ4n) is 1.25. The largest absolute Gasteiger partial charge is 0.305 e. The Morgan fingerprint density at radius 1 is 1.73 bits per heavy atom. The van der Waals surface area contributed by atoms with Crippen LogP contribution in [0, 0.1) is 0 Å². The van der Waals surface area contributed by atoms with Gasteiger partial charge in [-0.15, -0.1) is 10.5 Å². The number of rotatable bonds is 3. The molecule has 1 N–H and O–H groups in total. The van der Waals surface area contributed by atoms with E-state index in [0.29, 0.717) is 15.9 Å². The van der Waals surface area contributed by atoms with Gasteiger partial charge in [-0.3, -0.25) is 0 Å².